The Morgan fingerprint density at radius 1 is 0.700 bits per heavy atom. The number of carbonyl (C=O) groups excluding carboxylic acids is 1. The molecule has 154 valence electrons. The van der Waals surface area contributed by atoms with E-state index in [4.69, 9.17) is 4.74 Å². The second kappa shape index (κ2) is 9.70. The smallest absolute Gasteiger partial charge is 0.256 e. The molecular weight excluding hydrogens is 372 g/mol. The Labute approximate surface area is 178 Å². The van der Waals surface area contributed by atoms with Crippen LogP contribution in [0.5, 0.6) is 0 Å². The van der Waals surface area contributed by atoms with Crippen LogP contribution < -0.4 is 0 Å². The van der Waals surface area contributed by atoms with E-state index >= 15 is 0 Å². The van der Waals surface area contributed by atoms with Crippen LogP contribution >= 0.6 is 0 Å². The van der Waals surface area contributed by atoms with Crippen molar-refractivity contribution in [2.75, 3.05) is 33.3 Å². The highest BCUT2D eigenvalue weighted by Gasteiger charge is 2.31. The molecule has 30 heavy (non-hydrogen) atoms. The lowest BCUT2D eigenvalue weighted by Crippen LogP contribution is -2.51. The third-order valence-corrected chi connectivity index (χ3v) is 5.78. The highest BCUT2D eigenvalue weighted by atomic mass is 16.5. The van der Waals surface area contributed by atoms with Crippen molar-refractivity contribution in [3.05, 3.63) is 108 Å². The van der Waals surface area contributed by atoms with Crippen LogP contribution in [0.2, 0.25) is 0 Å². The van der Waals surface area contributed by atoms with Crippen LogP contribution in [0.25, 0.3) is 0 Å². The molecule has 0 aliphatic carbocycles. The van der Waals surface area contributed by atoms with Crippen molar-refractivity contribution in [2.24, 2.45) is 0 Å². The standard InChI is InChI=1S/C26H28N2O2/c1-30-25(23-15-9-4-10-16-23)26(29)28-19-17-27(18-20-28)24(21-11-5-2-6-12-21)22-13-7-3-8-14-22/h2-16,24-25H,17-20H2,1H3/t25-/m1/s1. The van der Waals surface area contributed by atoms with Crippen LogP contribution in [0.3, 0.4) is 0 Å². The van der Waals surface area contributed by atoms with Crippen molar-refractivity contribution < 1.29 is 9.53 Å². The molecule has 3 aromatic carbocycles. The molecule has 1 saturated heterocycles. The average molecular weight is 401 g/mol. The molecule has 1 fully saturated rings. The second-order valence-corrected chi connectivity index (χ2v) is 7.61. The first kappa shape index (κ1) is 20.3. The summed E-state index contributed by atoms with van der Waals surface area (Å²) in [6.45, 7) is 3.04. The van der Waals surface area contributed by atoms with Crippen LogP contribution in [0.1, 0.15) is 28.8 Å². The predicted molar refractivity (Wildman–Crippen MR) is 119 cm³/mol. The number of rotatable bonds is 6. The third-order valence-electron chi connectivity index (χ3n) is 5.78. The zero-order chi connectivity index (χ0) is 20.8. The Morgan fingerprint density at radius 2 is 1.13 bits per heavy atom. The van der Waals surface area contributed by atoms with Gasteiger partial charge in [0.15, 0.2) is 6.10 Å². The Hall–Kier alpha value is -2.95. The van der Waals surface area contributed by atoms with Gasteiger partial charge in [0.25, 0.3) is 5.91 Å². The first-order valence-electron chi connectivity index (χ1n) is 10.5. The van der Waals surface area contributed by atoms with E-state index < -0.39 is 6.10 Å². The monoisotopic (exact) mass is 400 g/mol. The van der Waals surface area contributed by atoms with Gasteiger partial charge in [-0.1, -0.05) is 91.0 Å². The SMILES string of the molecule is CO[C@@H](C(=O)N1CCN(C(c2ccccc2)c2ccccc2)CC1)c1ccccc1. The van der Waals surface area contributed by atoms with E-state index in [1.807, 2.05) is 35.2 Å². The summed E-state index contributed by atoms with van der Waals surface area (Å²) in [6.07, 6.45) is -0.545. The number of nitrogens with zero attached hydrogens (tertiary/aromatic N) is 2. The van der Waals surface area contributed by atoms with Crippen molar-refractivity contribution in [2.45, 2.75) is 12.1 Å². The zero-order valence-corrected chi connectivity index (χ0v) is 17.4. The van der Waals surface area contributed by atoms with Gasteiger partial charge in [0, 0.05) is 33.3 Å². The molecular formula is C26H28N2O2. The highest BCUT2D eigenvalue weighted by Crippen LogP contribution is 2.30. The number of carbonyl (C=O) groups is 1. The van der Waals surface area contributed by atoms with E-state index in [0.29, 0.717) is 13.1 Å². The lowest BCUT2D eigenvalue weighted by Gasteiger charge is -2.40. The summed E-state index contributed by atoms with van der Waals surface area (Å²) >= 11 is 0. The first-order valence-corrected chi connectivity index (χ1v) is 10.5. The molecule has 4 nitrogen and oxygen atoms in total. The molecule has 0 N–H and O–H groups in total. The summed E-state index contributed by atoms with van der Waals surface area (Å²) < 4.78 is 5.56. The molecule has 0 unspecified atom stereocenters. The van der Waals surface area contributed by atoms with Crippen molar-refractivity contribution >= 4 is 5.91 Å². The summed E-state index contributed by atoms with van der Waals surface area (Å²) in [6, 6.07) is 31.1. The van der Waals surface area contributed by atoms with Gasteiger partial charge in [-0.25, -0.2) is 0 Å². The van der Waals surface area contributed by atoms with Gasteiger partial charge in [-0.15, -0.1) is 0 Å². The maximum atomic E-state index is 13.1. The lowest BCUT2D eigenvalue weighted by atomic mass is 9.96. The van der Waals surface area contributed by atoms with E-state index in [9.17, 15) is 4.79 Å². The summed E-state index contributed by atoms with van der Waals surface area (Å²) in [4.78, 5) is 17.5. The number of hydrogen-bond acceptors (Lipinski definition) is 3. The quantitative estimate of drug-likeness (QED) is 0.618. The summed E-state index contributed by atoms with van der Waals surface area (Å²) in [7, 11) is 1.60. The van der Waals surface area contributed by atoms with Crippen LogP contribution in [-0.4, -0.2) is 49.0 Å². The van der Waals surface area contributed by atoms with Crippen molar-refractivity contribution in [3.63, 3.8) is 0 Å². The number of piperazine rings is 1. The predicted octanol–water partition coefficient (Wildman–Crippen LogP) is 4.31. The molecule has 1 atom stereocenters. The maximum absolute atomic E-state index is 13.1. The van der Waals surface area contributed by atoms with E-state index in [1.54, 1.807) is 7.11 Å². The largest absolute Gasteiger partial charge is 0.367 e. The number of benzene rings is 3. The number of ether oxygens (including phenoxy) is 1. The summed E-state index contributed by atoms with van der Waals surface area (Å²) in [5.74, 6) is 0.0410. The molecule has 3 aromatic rings. The van der Waals surface area contributed by atoms with E-state index in [1.165, 1.54) is 11.1 Å². The Bertz CT molecular complexity index is 884. The average Bonchev–Trinajstić information content (AvgIpc) is 2.82. The minimum absolute atomic E-state index is 0.0410. The molecule has 1 amide bonds. The Balaban J connectivity index is 1.49. The topological polar surface area (TPSA) is 32.8 Å². The van der Waals surface area contributed by atoms with Gasteiger partial charge in [-0.2, -0.15) is 0 Å². The van der Waals surface area contributed by atoms with Gasteiger partial charge in [-0.05, 0) is 16.7 Å². The van der Waals surface area contributed by atoms with Gasteiger partial charge in [0.05, 0.1) is 6.04 Å². The van der Waals surface area contributed by atoms with E-state index in [-0.39, 0.29) is 11.9 Å². The van der Waals surface area contributed by atoms with Gasteiger partial charge >= 0.3 is 0 Å². The van der Waals surface area contributed by atoms with Crippen LogP contribution in [-0.2, 0) is 9.53 Å². The Morgan fingerprint density at radius 3 is 1.57 bits per heavy atom. The van der Waals surface area contributed by atoms with Gasteiger partial charge in [-0.3, -0.25) is 9.69 Å². The molecule has 0 spiro atoms. The van der Waals surface area contributed by atoms with Crippen molar-refractivity contribution in [3.8, 4) is 0 Å². The van der Waals surface area contributed by atoms with Crippen molar-refractivity contribution in [1.82, 2.24) is 9.80 Å². The molecule has 1 aliphatic rings. The fourth-order valence-corrected chi connectivity index (χ4v) is 4.26. The van der Waals surface area contributed by atoms with E-state index in [0.717, 1.165) is 18.7 Å². The van der Waals surface area contributed by atoms with Crippen LogP contribution in [0.4, 0.5) is 0 Å². The molecule has 0 radical (unpaired) electrons. The fourth-order valence-electron chi connectivity index (χ4n) is 4.26. The normalized spacial score (nSPS) is 15.9. The minimum atomic E-state index is -0.545. The molecule has 4 heteroatoms. The molecule has 0 aromatic heterocycles. The van der Waals surface area contributed by atoms with Gasteiger partial charge < -0.3 is 9.64 Å². The molecule has 0 bridgehead atoms. The number of amides is 1. The van der Waals surface area contributed by atoms with Gasteiger partial charge in [0.2, 0.25) is 0 Å². The third kappa shape index (κ3) is 4.45. The van der Waals surface area contributed by atoms with Gasteiger partial charge in [0.1, 0.15) is 0 Å². The molecule has 1 heterocycles. The van der Waals surface area contributed by atoms with E-state index in [2.05, 4.69) is 65.6 Å². The summed E-state index contributed by atoms with van der Waals surface area (Å²) in [5, 5.41) is 0. The lowest BCUT2D eigenvalue weighted by molar-refractivity contribution is -0.144. The first-order chi connectivity index (χ1) is 14.8. The summed E-state index contributed by atoms with van der Waals surface area (Å²) in [5.41, 5.74) is 3.46. The molecule has 0 saturated carbocycles. The zero-order valence-electron chi connectivity index (χ0n) is 17.4. The number of hydrogen-bond donors (Lipinski definition) is 0. The fraction of sp³-hybridized carbons (Fsp3) is 0.269. The Kier molecular flexibility index (Phi) is 6.57. The number of methoxy groups -OCH3 is 1. The molecule has 4 rings (SSSR count). The highest BCUT2D eigenvalue weighted by molar-refractivity contribution is 5.82. The van der Waals surface area contributed by atoms with Crippen molar-refractivity contribution in [1.29, 1.82) is 0 Å². The van der Waals surface area contributed by atoms with Crippen LogP contribution in [0, 0.1) is 0 Å². The molecule has 1 aliphatic heterocycles. The van der Waals surface area contributed by atoms with Crippen LogP contribution in [0.15, 0.2) is 91.0 Å². The minimum Gasteiger partial charge on any atom is -0.367 e. The maximum Gasteiger partial charge on any atom is 0.256 e. The second-order valence-electron chi connectivity index (χ2n) is 7.61.